The van der Waals surface area contributed by atoms with E-state index in [0.717, 1.165) is 36.9 Å². The topological polar surface area (TPSA) is 93.1 Å². The van der Waals surface area contributed by atoms with E-state index in [1.54, 1.807) is 16.8 Å². The minimum Gasteiger partial charge on any atom is -0.321 e. The summed E-state index contributed by atoms with van der Waals surface area (Å²) in [4.78, 5) is 13.1. The fourth-order valence-corrected chi connectivity index (χ4v) is 4.33. The molecule has 0 fully saturated rings. The van der Waals surface area contributed by atoms with Gasteiger partial charge in [-0.3, -0.25) is 4.79 Å². The lowest BCUT2D eigenvalue weighted by molar-refractivity contribution is 0.102. The van der Waals surface area contributed by atoms with E-state index in [4.69, 9.17) is 0 Å². The van der Waals surface area contributed by atoms with Crippen molar-refractivity contribution in [2.45, 2.75) is 30.6 Å². The molecule has 1 amide bonds. The minimum atomic E-state index is -3.54. The quantitative estimate of drug-likeness (QED) is 0.653. The lowest BCUT2D eigenvalue weighted by Crippen LogP contribution is -2.19. The van der Waals surface area contributed by atoms with Crippen molar-refractivity contribution in [3.8, 4) is 5.69 Å². The number of aromatic nitrogens is 2. The maximum atomic E-state index is 13.3. The standard InChI is InChI=1S/C21H21FN4O3S/c1-23-30(28,29)17-12-8-15(9-13-17)24-21(27)20-18-4-2-3-5-19(18)26(25-20)16-10-6-14(22)7-11-16/h6-13,23H,2-5H2,1H3,(H,24,27). The van der Waals surface area contributed by atoms with Gasteiger partial charge in [0, 0.05) is 16.9 Å². The van der Waals surface area contributed by atoms with E-state index in [2.05, 4.69) is 15.1 Å². The van der Waals surface area contributed by atoms with Crippen LogP contribution in [0, 0.1) is 5.82 Å². The highest BCUT2D eigenvalue weighted by molar-refractivity contribution is 7.89. The van der Waals surface area contributed by atoms with E-state index in [1.807, 2.05) is 0 Å². The summed E-state index contributed by atoms with van der Waals surface area (Å²) in [6, 6.07) is 11.9. The molecular formula is C21H21FN4O3S. The number of hydrogen-bond donors (Lipinski definition) is 2. The first kappa shape index (κ1) is 20.2. The summed E-state index contributed by atoms with van der Waals surface area (Å²) in [6.07, 6.45) is 3.52. The molecule has 1 heterocycles. The van der Waals surface area contributed by atoms with Crippen LogP contribution in [0.2, 0.25) is 0 Å². The zero-order chi connectivity index (χ0) is 21.3. The van der Waals surface area contributed by atoms with Crippen molar-refractivity contribution in [3.63, 3.8) is 0 Å². The number of fused-ring (bicyclic) bond motifs is 1. The Morgan fingerprint density at radius 1 is 1.03 bits per heavy atom. The first-order valence-electron chi connectivity index (χ1n) is 9.61. The zero-order valence-electron chi connectivity index (χ0n) is 16.4. The molecule has 0 saturated carbocycles. The molecule has 1 aliphatic rings. The number of nitrogens with one attached hydrogen (secondary N) is 2. The average Bonchev–Trinajstić information content (AvgIpc) is 3.14. The summed E-state index contributed by atoms with van der Waals surface area (Å²) in [6.45, 7) is 0. The molecule has 156 valence electrons. The van der Waals surface area contributed by atoms with E-state index < -0.39 is 10.0 Å². The Hall–Kier alpha value is -3.04. The van der Waals surface area contributed by atoms with Gasteiger partial charge in [0.25, 0.3) is 5.91 Å². The molecule has 30 heavy (non-hydrogen) atoms. The van der Waals surface area contributed by atoms with Crippen molar-refractivity contribution in [1.29, 1.82) is 0 Å². The van der Waals surface area contributed by atoms with Crippen molar-refractivity contribution in [1.82, 2.24) is 14.5 Å². The molecule has 2 N–H and O–H groups in total. The lowest BCUT2D eigenvalue weighted by atomic mass is 9.95. The Kier molecular flexibility index (Phi) is 5.40. The SMILES string of the molecule is CNS(=O)(=O)c1ccc(NC(=O)c2nn(-c3ccc(F)cc3)c3c2CCCC3)cc1. The summed E-state index contributed by atoms with van der Waals surface area (Å²) in [5.74, 6) is -0.695. The van der Waals surface area contributed by atoms with Crippen molar-refractivity contribution in [3.05, 3.63) is 71.3 Å². The van der Waals surface area contributed by atoms with Crippen LogP contribution in [0.1, 0.15) is 34.6 Å². The molecule has 4 rings (SSSR count). The van der Waals surface area contributed by atoms with Gasteiger partial charge in [0.15, 0.2) is 5.69 Å². The van der Waals surface area contributed by atoms with E-state index >= 15 is 0 Å². The van der Waals surface area contributed by atoms with Crippen LogP contribution in [0.25, 0.3) is 5.69 Å². The predicted molar refractivity (Wildman–Crippen MR) is 111 cm³/mol. The predicted octanol–water partition coefficient (Wildman–Crippen LogP) is 3.05. The summed E-state index contributed by atoms with van der Waals surface area (Å²) >= 11 is 0. The van der Waals surface area contributed by atoms with Gasteiger partial charge in [-0.15, -0.1) is 0 Å². The fourth-order valence-electron chi connectivity index (χ4n) is 3.60. The summed E-state index contributed by atoms with van der Waals surface area (Å²) in [5.41, 5.74) is 3.37. The second-order valence-electron chi connectivity index (χ2n) is 7.06. The van der Waals surface area contributed by atoms with Gasteiger partial charge in [0.2, 0.25) is 10.0 Å². The summed E-state index contributed by atoms with van der Waals surface area (Å²) in [7, 11) is -2.20. The van der Waals surface area contributed by atoms with Crippen LogP contribution in [0.5, 0.6) is 0 Å². The average molecular weight is 428 g/mol. The van der Waals surface area contributed by atoms with Gasteiger partial charge >= 0.3 is 0 Å². The van der Waals surface area contributed by atoms with Crippen LogP contribution in [-0.2, 0) is 22.9 Å². The molecule has 0 spiro atoms. The monoisotopic (exact) mass is 428 g/mol. The number of halogens is 1. The van der Waals surface area contributed by atoms with E-state index in [-0.39, 0.29) is 16.6 Å². The molecule has 0 aliphatic heterocycles. The fraction of sp³-hybridized carbons (Fsp3) is 0.238. The molecule has 0 saturated heterocycles. The molecule has 3 aromatic rings. The van der Waals surface area contributed by atoms with Crippen LogP contribution < -0.4 is 10.0 Å². The van der Waals surface area contributed by atoms with Crippen LogP contribution in [0.4, 0.5) is 10.1 Å². The van der Waals surface area contributed by atoms with Gasteiger partial charge in [0.1, 0.15) is 5.82 Å². The highest BCUT2D eigenvalue weighted by Gasteiger charge is 2.25. The third-order valence-electron chi connectivity index (χ3n) is 5.16. The van der Waals surface area contributed by atoms with E-state index in [9.17, 15) is 17.6 Å². The van der Waals surface area contributed by atoms with Crippen LogP contribution >= 0.6 is 0 Å². The Morgan fingerprint density at radius 3 is 2.37 bits per heavy atom. The highest BCUT2D eigenvalue weighted by atomic mass is 32.2. The van der Waals surface area contributed by atoms with Gasteiger partial charge in [0.05, 0.1) is 10.6 Å². The number of carbonyl (C=O) groups is 1. The molecular weight excluding hydrogens is 407 g/mol. The number of nitrogens with zero attached hydrogens (tertiary/aromatic N) is 2. The number of rotatable bonds is 5. The van der Waals surface area contributed by atoms with Crippen molar-refractivity contribution >= 4 is 21.6 Å². The molecule has 1 aliphatic carbocycles. The van der Waals surface area contributed by atoms with Crippen LogP contribution in [-0.4, -0.2) is 31.2 Å². The van der Waals surface area contributed by atoms with Gasteiger partial charge < -0.3 is 5.32 Å². The smallest absolute Gasteiger partial charge is 0.276 e. The van der Waals surface area contributed by atoms with Crippen LogP contribution in [0.3, 0.4) is 0 Å². The van der Waals surface area contributed by atoms with Gasteiger partial charge in [-0.2, -0.15) is 5.10 Å². The normalized spacial score (nSPS) is 13.7. The maximum Gasteiger partial charge on any atom is 0.276 e. The largest absolute Gasteiger partial charge is 0.321 e. The lowest BCUT2D eigenvalue weighted by Gasteiger charge is -2.14. The van der Waals surface area contributed by atoms with Crippen molar-refractivity contribution in [2.75, 3.05) is 12.4 Å². The molecule has 7 nitrogen and oxygen atoms in total. The maximum absolute atomic E-state index is 13.3. The first-order chi connectivity index (χ1) is 14.4. The highest BCUT2D eigenvalue weighted by Crippen LogP contribution is 2.28. The third-order valence-corrected chi connectivity index (χ3v) is 6.59. The molecule has 0 unspecified atom stereocenters. The Labute approximate surface area is 174 Å². The van der Waals surface area contributed by atoms with Gasteiger partial charge in [-0.05, 0) is 81.3 Å². The second-order valence-corrected chi connectivity index (χ2v) is 8.94. The third kappa shape index (κ3) is 3.86. The number of anilines is 1. The van der Waals surface area contributed by atoms with Crippen molar-refractivity contribution < 1.29 is 17.6 Å². The molecule has 2 aromatic carbocycles. The number of carbonyl (C=O) groups excluding carboxylic acids is 1. The number of hydrogen-bond acceptors (Lipinski definition) is 4. The molecule has 9 heteroatoms. The molecule has 0 bridgehead atoms. The Bertz CT molecular complexity index is 1190. The molecule has 0 atom stereocenters. The summed E-state index contributed by atoms with van der Waals surface area (Å²) in [5, 5.41) is 7.32. The Morgan fingerprint density at radius 2 is 1.70 bits per heavy atom. The number of benzene rings is 2. The minimum absolute atomic E-state index is 0.112. The van der Waals surface area contributed by atoms with Gasteiger partial charge in [-0.1, -0.05) is 0 Å². The summed E-state index contributed by atoms with van der Waals surface area (Å²) < 4.78 is 40.9. The first-order valence-corrected chi connectivity index (χ1v) is 11.1. The number of amides is 1. The Balaban J connectivity index is 1.64. The zero-order valence-corrected chi connectivity index (χ0v) is 17.2. The number of sulfonamides is 1. The van der Waals surface area contributed by atoms with Crippen molar-refractivity contribution in [2.24, 2.45) is 0 Å². The second kappa shape index (κ2) is 8.00. The molecule has 0 radical (unpaired) electrons. The van der Waals surface area contributed by atoms with E-state index in [1.165, 1.54) is 43.4 Å². The van der Waals surface area contributed by atoms with Crippen LogP contribution in [0.15, 0.2) is 53.4 Å². The van der Waals surface area contributed by atoms with Gasteiger partial charge in [-0.25, -0.2) is 22.2 Å². The molecule has 1 aromatic heterocycles. The van der Waals surface area contributed by atoms with E-state index in [0.29, 0.717) is 17.1 Å².